The van der Waals surface area contributed by atoms with Gasteiger partial charge >= 0.3 is 0 Å². The van der Waals surface area contributed by atoms with Crippen LogP contribution in [-0.4, -0.2) is 62.7 Å². The van der Waals surface area contributed by atoms with Gasteiger partial charge in [0, 0.05) is 31.1 Å². The zero-order valence-corrected chi connectivity index (χ0v) is 22.0. The molecule has 0 N–H and O–H groups in total. The third kappa shape index (κ3) is 5.99. The van der Waals surface area contributed by atoms with Crippen LogP contribution in [0.1, 0.15) is 40.2 Å². The van der Waals surface area contributed by atoms with Crippen LogP contribution in [0.2, 0.25) is 0 Å². The van der Waals surface area contributed by atoms with Gasteiger partial charge in [-0.1, -0.05) is 48.5 Å². The standard InChI is InChI=1S/C32H38N2O3/c1-36-28-14-12-26(13-15-28)32(35)34-22-27(30(23-34)29-10-6-7-11-31(29)37-2)21-33-18-16-25(17-19-33)20-24-8-4-3-5-9-24/h3-15,25,27,30H,16-23H2,1-2H3/t27-,30-/m0/s1. The Labute approximate surface area is 221 Å². The number of para-hydroxylation sites is 1. The van der Waals surface area contributed by atoms with E-state index >= 15 is 0 Å². The molecule has 0 bridgehead atoms. The van der Waals surface area contributed by atoms with Gasteiger partial charge in [0.25, 0.3) is 5.91 Å². The minimum Gasteiger partial charge on any atom is -0.497 e. The van der Waals surface area contributed by atoms with Crippen molar-refractivity contribution in [3.05, 3.63) is 95.6 Å². The molecule has 194 valence electrons. The van der Waals surface area contributed by atoms with E-state index in [2.05, 4.69) is 47.4 Å². The van der Waals surface area contributed by atoms with Crippen LogP contribution in [0.4, 0.5) is 0 Å². The Bertz CT molecular complexity index is 1160. The van der Waals surface area contributed by atoms with E-state index in [1.807, 2.05) is 41.3 Å². The quantitative estimate of drug-likeness (QED) is 0.411. The van der Waals surface area contributed by atoms with Gasteiger partial charge in [-0.05, 0) is 85.6 Å². The Hall–Kier alpha value is -3.31. The summed E-state index contributed by atoms with van der Waals surface area (Å²) in [5.74, 6) is 3.13. The summed E-state index contributed by atoms with van der Waals surface area (Å²) >= 11 is 0. The summed E-state index contributed by atoms with van der Waals surface area (Å²) in [6, 6.07) is 26.6. The number of ether oxygens (including phenoxy) is 2. The molecule has 37 heavy (non-hydrogen) atoms. The highest BCUT2D eigenvalue weighted by Crippen LogP contribution is 2.39. The monoisotopic (exact) mass is 498 g/mol. The second kappa shape index (κ2) is 11.8. The minimum absolute atomic E-state index is 0.0895. The van der Waals surface area contributed by atoms with Crippen LogP contribution in [-0.2, 0) is 6.42 Å². The van der Waals surface area contributed by atoms with Gasteiger partial charge in [0.05, 0.1) is 14.2 Å². The molecule has 2 aliphatic heterocycles. The maximum absolute atomic E-state index is 13.5. The Kier molecular flexibility index (Phi) is 8.10. The molecule has 0 aromatic heterocycles. The van der Waals surface area contributed by atoms with Gasteiger partial charge in [0.1, 0.15) is 11.5 Å². The zero-order chi connectivity index (χ0) is 25.6. The van der Waals surface area contributed by atoms with E-state index in [1.165, 1.54) is 30.4 Å². The second-order valence-corrected chi connectivity index (χ2v) is 10.5. The first kappa shape index (κ1) is 25.3. The number of hydrogen-bond donors (Lipinski definition) is 0. The summed E-state index contributed by atoms with van der Waals surface area (Å²) < 4.78 is 11.0. The highest BCUT2D eigenvalue weighted by Gasteiger charge is 2.39. The lowest BCUT2D eigenvalue weighted by Gasteiger charge is -2.35. The third-order valence-electron chi connectivity index (χ3n) is 8.17. The molecule has 3 aromatic rings. The SMILES string of the molecule is COc1ccc(C(=O)N2C[C@H](CN3CCC(Cc4ccccc4)CC3)[C@@H](c3ccccc3OC)C2)cc1. The number of piperidine rings is 1. The number of likely N-dealkylation sites (tertiary alicyclic amines) is 2. The van der Waals surface area contributed by atoms with Gasteiger partial charge in [-0.3, -0.25) is 4.79 Å². The Morgan fingerprint density at radius 3 is 2.24 bits per heavy atom. The number of nitrogens with zero attached hydrogens (tertiary/aromatic N) is 2. The molecule has 0 aliphatic carbocycles. The summed E-state index contributed by atoms with van der Waals surface area (Å²) in [6.07, 6.45) is 3.64. The number of methoxy groups -OCH3 is 2. The fraction of sp³-hybridized carbons (Fsp3) is 0.406. The lowest BCUT2D eigenvalue weighted by atomic mass is 9.86. The number of rotatable bonds is 8. The average molecular weight is 499 g/mol. The van der Waals surface area contributed by atoms with Crippen LogP contribution in [0.3, 0.4) is 0 Å². The summed E-state index contributed by atoms with van der Waals surface area (Å²) in [4.78, 5) is 18.1. The molecule has 5 nitrogen and oxygen atoms in total. The molecule has 2 saturated heterocycles. The van der Waals surface area contributed by atoms with E-state index in [0.717, 1.165) is 43.6 Å². The minimum atomic E-state index is 0.0895. The van der Waals surface area contributed by atoms with Crippen molar-refractivity contribution in [3.8, 4) is 11.5 Å². The molecule has 0 radical (unpaired) electrons. The van der Waals surface area contributed by atoms with Crippen molar-refractivity contribution in [2.45, 2.75) is 25.2 Å². The van der Waals surface area contributed by atoms with E-state index in [9.17, 15) is 4.79 Å². The molecule has 0 saturated carbocycles. The van der Waals surface area contributed by atoms with E-state index in [4.69, 9.17) is 9.47 Å². The van der Waals surface area contributed by atoms with Crippen molar-refractivity contribution in [2.75, 3.05) is 46.9 Å². The largest absolute Gasteiger partial charge is 0.497 e. The molecule has 5 rings (SSSR count). The van der Waals surface area contributed by atoms with Crippen LogP contribution in [0.25, 0.3) is 0 Å². The van der Waals surface area contributed by atoms with Gasteiger partial charge in [-0.2, -0.15) is 0 Å². The van der Waals surface area contributed by atoms with E-state index in [1.54, 1.807) is 14.2 Å². The molecule has 2 heterocycles. The Balaban J connectivity index is 1.28. The highest BCUT2D eigenvalue weighted by atomic mass is 16.5. The summed E-state index contributed by atoms with van der Waals surface area (Å²) in [7, 11) is 3.38. The zero-order valence-electron chi connectivity index (χ0n) is 22.0. The van der Waals surface area contributed by atoms with E-state index in [-0.39, 0.29) is 11.8 Å². The summed E-state index contributed by atoms with van der Waals surface area (Å²) in [5, 5.41) is 0. The fourth-order valence-electron chi connectivity index (χ4n) is 6.12. The lowest BCUT2D eigenvalue weighted by molar-refractivity contribution is 0.0780. The molecular weight excluding hydrogens is 460 g/mol. The van der Waals surface area contributed by atoms with Crippen molar-refractivity contribution < 1.29 is 14.3 Å². The summed E-state index contributed by atoms with van der Waals surface area (Å²) in [5.41, 5.74) is 3.36. The molecule has 2 atom stereocenters. The van der Waals surface area contributed by atoms with Crippen LogP contribution in [0.15, 0.2) is 78.9 Å². The van der Waals surface area contributed by atoms with E-state index < -0.39 is 0 Å². The molecule has 2 aliphatic rings. The predicted octanol–water partition coefficient (Wildman–Crippen LogP) is 5.51. The predicted molar refractivity (Wildman–Crippen MR) is 147 cm³/mol. The van der Waals surface area contributed by atoms with Crippen molar-refractivity contribution in [2.24, 2.45) is 11.8 Å². The first-order chi connectivity index (χ1) is 18.1. The van der Waals surface area contributed by atoms with Crippen LogP contribution < -0.4 is 9.47 Å². The average Bonchev–Trinajstić information content (AvgIpc) is 3.37. The van der Waals surface area contributed by atoms with Crippen molar-refractivity contribution in [3.63, 3.8) is 0 Å². The fourth-order valence-corrected chi connectivity index (χ4v) is 6.12. The van der Waals surface area contributed by atoms with E-state index in [0.29, 0.717) is 18.0 Å². The number of carbonyl (C=O) groups excluding carboxylic acids is 1. The first-order valence-corrected chi connectivity index (χ1v) is 13.5. The topological polar surface area (TPSA) is 42.0 Å². The third-order valence-corrected chi connectivity index (χ3v) is 8.17. The Morgan fingerprint density at radius 1 is 0.838 bits per heavy atom. The first-order valence-electron chi connectivity index (χ1n) is 13.5. The number of amides is 1. The van der Waals surface area contributed by atoms with Crippen molar-refractivity contribution in [1.29, 1.82) is 0 Å². The normalized spacial score (nSPS) is 20.6. The van der Waals surface area contributed by atoms with Gasteiger partial charge in [-0.15, -0.1) is 0 Å². The van der Waals surface area contributed by atoms with Crippen LogP contribution in [0, 0.1) is 11.8 Å². The van der Waals surface area contributed by atoms with Gasteiger partial charge in [0.15, 0.2) is 0 Å². The summed E-state index contributed by atoms with van der Waals surface area (Å²) in [6.45, 7) is 4.73. The Morgan fingerprint density at radius 2 is 1.54 bits per heavy atom. The number of hydrogen-bond acceptors (Lipinski definition) is 4. The van der Waals surface area contributed by atoms with Gasteiger partial charge < -0.3 is 19.3 Å². The molecule has 3 aromatic carbocycles. The van der Waals surface area contributed by atoms with Crippen molar-refractivity contribution in [1.82, 2.24) is 9.80 Å². The van der Waals surface area contributed by atoms with Gasteiger partial charge in [0.2, 0.25) is 0 Å². The number of benzene rings is 3. The maximum atomic E-state index is 13.5. The molecule has 0 unspecified atom stereocenters. The maximum Gasteiger partial charge on any atom is 0.253 e. The van der Waals surface area contributed by atoms with Crippen LogP contribution in [0.5, 0.6) is 11.5 Å². The second-order valence-electron chi connectivity index (χ2n) is 10.5. The molecule has 2 fully saturated rings. The lowest BCUT2D eigenvalue weighted by Crippen LogP contribution is -2.39. The van der Waals surface area contributed by atoms with Gasteiger partial charge in [-0.25, -0.2) is 0 Å². The van der Waals surface area contributed by atoms with Crippen molar-refractivity contribution >= 4 is 5.91 Å². The number of carbonyl (C=O) groups is 1. The molecular formula is C32H38N2O3. The van der Waals surface area contributed by atoms with Crippen LogP contribution >= 0.6 is 0 Å². The smallest absolute Gasteiger partial charge is 0.253 e. The molecule has 1 amide bonds. The molecule has 5 heteroatoms. The highest BCUT2D eigenvalue weighted by molar-refractivity contribution is 5.94. The molecule has 0 spiro atoms.